The van der Waals surface area contributed by atoms with Crippen molar-refractivity contribution in [1.29, 1.82) is 0 Å². The second kappa shape index (κ2) is 4.47. The summed E-state index contributed by atoms with van der Waals surface area (Å²) < 4.78 is 4.95. The molecule has 0 bridgehead atoms. The van der Waals surface area contributed by atoms with Gasteiger partial charge in [0.05, 0.1) is 6.61 Å². The van der Waals surface area contributed by atoms with Gasteiger partial charge in [-0.15, -0.1) is 0 Å². The standard InChI is InChI=1S/C13H14O3/c1-2-16-13(15)12-10-6-4-3-5-9(10)7-8-11(12)14/h3-6,12H,2,7-8H2,1H3/t12-/m0/s1. The van der Waals surface area contributed by atoms with Crippen LogP contribution < -0.4 is 0 Å². The van der Waals surface area contributed by atoms with Crippen LogP contribution in [0.2, 0.25) is 0 Å². The van der Waals surface area contributed by atoms with E-state index in [1.54, 1.807) is 6.92 Å². The van der Waals surface area contributed by atoms with Crippen molar-refractivity contribution in [1.82, 2.24) is 0 Å². The second-order valence-corrected chi connectivity index (χ2v) is 3.85. The first-order chi connectivity index (χ1) is 7.74. The maximum absolute atomic E-state index is 11.8. The third kappa shape index (κ3) is 1.85. The summed E-state index contributed by atoms with van der Waals surface area (Å²) in [4.78, 5) is 23.5. The number of ketones is 1. The lowest BCUT2D eigenvalue weighted by Gasteiger charge is -2.22. The van der Waals surface area contributed by atoms with Crippen LogP contribution in [0.25, 0.3) is 0 Å². The first-order valence-electron chi connectivity index (χ1n) is 5.51. The van der Waals surface area contributed by atoms with Crippen LogP contribution in [0.5, 0.6) is 0 Å². The van der Waals surface area contributed by atoms with E-state index in [0.29, 0.717) is 13.0 Å². The predicted octanol–water partition coefficient (Wildman–Crippen LogP) is 1.85. The van der Waals surface area contributed by atoms with Crippen molar-refractivity contribution in [3.8, 4) is 0 Å². The highest BCUT2D eigenvalue weighted by Crippen LogP contribution is 2.29. The van der Waals surface area contributed by atoms with Crippen molar-refractivity contribution in [2.45, 2.75) is 25.7 Å². The number of benzene rings is 1. The van der Waals surface area contributed by atoms with Crippen LogP contribution >= 0.6 is 0 Å². The first kappa shape index (κ1) is 10.9. The first-order valence-corrected chi connectivity index (χ1v) is 5.51. The minimum absolute atomic E-state index is 0.0304. The molecule has 84 valence electrons. The molecule has 0 radical (unpaired) electrons. The average Bonchev–Trinajstić information content (AvgIpc) is 2.29. The fraction of sp³-hybridized carbons (Fsp3) is 0.385. The molecule has 3 heteroatoms. The normalized spacial score (nSPS) is 19.1. The van der Waals surface area contributed by atoms with Gasteiger partial charge < -0.3 is 4.74 Å². The molecule has 1 atom stereocenters. The average molecular weight is 218 g/mol. The molecule has 16 heavy (non-hydrogen) atoms. The molecule has 1 aromatic carbocycles. The zero-order valence-electron chi connectivity index (χ0n) is 9.23. The largest absolute Gasteiger partial charge is 0.465 e. The molecule has 2 rings (SSSR count). The van der Waals surface area contributed by atoms with E-state index in [9.17, 15) is 9.59 Å². The second-order valence-electron chi connectivity index (χ2n) is 3.85. The quantitative estimate of drug-likeness (QED) is 0.562. The number of carbonyl (C=O) groups excluding carboxylic acids is 2. The highest BCUT2D eigenvalue weighted by atomic mass is 16.5. The number of aryl methyl sites for hydroxylation is 1. The summed E-state index contributed by atoms with van der Waals surface area (Å²) in [5, 5.41) is 0. The third-order valence-corrected chi connectivity index (χ3v) is 2.85. The maximum atomic E-state index is 11.8. The van der Waals surface area contributed by atoms with Gasteiger partial charge in [-0.25, -0.2) is 0 Å². The molecule has 0 aromatic heterocycles. The molecule has 3 nitrogen and oxygen atoms in total. The van der Waals surface area contributed by atoms with Gasteiger partial charge in [0, 0.05) is 6.42 Å². The van der Waals surface area contributed by atoms with Gasteiger partial charge in [-0.3, -0.25) is 9.59 Å². The Labute approximate surface area is 94.4 Å². The zero-order valence-corrected chi connectivity index (χ0v) is 9.23. The molecule has 0 aliphatic heterocycles. The Morgan fingerprint density at radius 2 is 2.12 bits per heavy atom. The number of hydrogen-bond donors (Lipinski definition) is 0. The lowest BCUT2D eigenvalue weighted by Crippen LogP contribution is -2.28. The Balaban J connectivity index is 2.37. The Hall–Kier alpha value is -1.64. The van der Waals surface area contributed by atoms with Gasteiger partial charge >= 0.3 is 5.97 Å². The van der Waals surface area contributed by atoms with E-state index in [1.807, 2.05) is 24.3 Å². The summed E-state index contributed by atoms with van der Waals surface area (Å²) in [6.45, 7) is 2.06. The minimum atomic E-state index is -0.704. The molecular formula is C13H14O3. The van der Waals surface area contributed by atoms with Crippen LogP contribution in [0.4, 0.5) is 0 Å². The number of ether oxygens (including phenoxy) is 1. The summed E-state index contributed by atoms with van der Waals surface area (Å²) in [6, 6.07) is 7.59. The molecule has 0 spiro atoms. The van der Waals surface area contributed by atoms with Gasteiger partial charge in [-0.1, -0.05) is 24.3 Å². The molecule has 1 aliphatic carbocycles. The fourth-order valence-electron chi connectivity index (χ4n) is 2.10. The van der Waals surface area contributed by atoms with E-state index in [1.165, 1.54) is 0 Å². The lowest BCUT2D eigenvalue weighted by molar-refractivity contribution is -0.148. The van der Waals surface area contributed by atoms with Crippen LogP contribution in [0.15, 0.2) is 24.3 Å². The van der Waals surface area contributed by atoms with E-state index < -0.39 is 11.9 Å². The molecular weight excluding hydrogens is 204 g/mol. The molecule has 0 fully saturated rings. The van der Waals surface area contributed by atoms with Gasteiger partial charge in [-0.05, 0) is 24.5 Å². The Morgan fingerprint density at radius 1 is 1.38 bits per heavy atom. The fourth-order valence-corrected chi connectivity index (χ4v) is 2.10. The highest BCUT2D eigenvalue weighted by Gasteiger charge is 2.34. The molecule has 1 aliphatic rings. The molecule has 0 unspecified atom stereocenters. The molecule has 0 saturated carbocycles. The van der Waals surface area contributed by atoms with Gasteiger partial charge in [0.1, 0.15) is 5.92 Å². The number of rotatable bonds is 2. The molecule has 0 N–H and O–H groups in total. The third-order valence-electron chi connectivity index (χ3n) is 2.85. The number of carbonyl (C=O) groups is 2. The van der Waals surface area contributed by atoms with Crippen molar-refractivity contribution in [3.63, 3.8) is 0 Å². The molecule has 0 saturated heterocycles. The van der Waals surface area contributed by atoms with Crippen LogP contribution in [-0.2, 0) is 20.7 Å². The predicted molar refractivity (Wildman–Crippen MR) is 59.1 cm³/mol. The highest BCUT2D eigenvalue weighted by molar-refractivity contribution is 6.05. The Bertz CT molecular complexity index is 423. The topological polar surface area (TPSA) is 43.4 Å². The molecule has 1 aromatic rings. The van der Waals surface area contributed by atoms with Gasteiger partial charge in [0.2, 0.25) is 0 Å². The van der Waals surface area contributed by atoms with Crippen molar-refractivity contribution in [2.24, 2.45) is 0 Å². The van der Waals surface area contributed by atoms with Crippen LogP contribution in [0, 0.1) is 0 Å². The van der Waals surface area contributed by atoms with E-state index in [0.717, 1.165) is 17.5 Å². The smallest absolute Gasteiger partial charge is 0.321 e. The van der Waals surface area contributed by atoms with Crippen LogP contribution in [0.3, 0.4) is 0 Å². The minimum Gasteiger partial charge on any atom is -0.465 e. The number of fused-ring (bicyclic) bond motifs is 1. The van der Waals surface area contributed by atoms with E-state index in [2.05, 4.69) is 0 Å². The van der Waals surface area contributed by atoms with Crippen molar-refractivity contribution in [3.05, 3.63) is 35.4 Å². The lowest BCUT2D eigenvalue weighted by atomic mass is 9.82. The van der Waals surface area contributed by atoms with Crippen molar-refractivity contribution < 1.29 is 14.3 Å². The van der Waals surface area contributed by atoms with E-state index >= 15 is 0 Å². The Kier molecular flexibility index (Phi) is 3.04. The molecule has 0 heterocycles. The summed E-state index contributed by atoms with van der Waals surface area (Å²) in [7, 11) is 0. The zero-order chi connectivity index (χ0) is 11.5. The van der Waals surface area contributed by atoms with Crippen molar-refractivity contribution >= 4 is 11.8 Å². The van der Waals surface area contributed by atoms with Crippen molar-refractivity contribution in [2.75, 3.05) is 6.61 Å². The summed E-state index contributed by atoms with van der Waals surface area (Å²) >= 11 is 0. The summed E-state index contributed by atoms with van der Waals surface area (Å²) in [5.41, 5.74) is 1.90. The van der Waals surface area contributed by atoms with Gasteiger partial charge in [0.25, 0.3) is 0 Å². The number of Topliss-reactive ketones (excluding diaryl/α,β-unsaturated/α-hetero) is 1. The Morgan fingerprint density at radius 3 is 2.88 bits per heavy atom. The van der Waals surface area contributed by atoms with E-state index in [-0.39, 0.29) is 5.78 Å². The number of hydrogen-bond acceptors (Lipinski definition) is 3. The van der Waals surface area contributed by atoms with Crippen LogP contribution in [0.1, 0.15) is 30.4 Å². The molecule has 0 amide bonds. The van der Waals surface area contributed by atoms with Crippen LogP contribution in [-0.4, -0.2) is 18.4 Å². The maximum Gasteiger partial charge on any atom is 0.321 e. The van der Waals surface area contributed by atoms with Gasteiger partial charge in [-0.2, -0.15) is 0 Å². The van der Waals surface area contributed by atoms with E-state index in [4.69, 9.17) is 4.74 Å². The SMILES string of the molecule is CCOC(=O)[C@@H]1C(=O)CCc2ccccc21. The van der Waals surface area contributed by atoms with Gasteiger partial charge in [0.15, 0.2) is 5.78 Å². The summed E-state index contributed by atoms with van der Waals surface area (Å²) in [6.07, 6.45) is 1.16. The monoisotopic (exact) mass is 218 g/mol. The number of esters is 1. The summed E-state index contributed by atoms with van der Waals surface area (Å²) in [5.74, 6) is -1.15.